The van der Waals surface area contributed by atoms with E-state index in [0.717, 1.165) is 14.9 Å². The number of nitrogens with two attached hydrogens (primary N) is 1. The molecule has 2 aromatic carbocycles. The van der Waals surface area contributed by atoms with Crippen molar-refractivity contribution in [2.75, 3.05) is 18.1 Å². The van der Waals surface area contributed by atoms with Crippen LogP contribution in [0.2, 0.25) is 0 Å². The van der Waals surface area contributed by atoms with Gasteiger partial charge in [0.1, 0.15) is 0 Å². The SMILES string of the molecule is CNC(=O)c1ccc(N)c(Nc2ccccc2I)c1. The normalized spacial score (nSPS) is 10.0. The first kappa shape index (κ1) is 13.7. The number of para-hydroxylation sites is 1. The average molecular weight is 367 g/mol. The van der Waals surface area contributed by atoms with E-state index in [1.807, 2.05) is 24.3 Å². The van der Waals surface area contributed by atoms with Crippen molar-refractivity contribution < 1.29 is 4.79 Å². The zero-order chi connectivity index (χ0) is 13.8. The second kappa shape index (κ2) is 5.92. The van der Waals surface area contributed by atoms with Crippen LogP contribution >= 0.6 is 22.6 Å². The number of carbonyl (C=O) groups excluding carboxylic acids is 1. The van der Waals surface area contributed by atoms with Gasteiger partial charge in [0, 0.05) is 16.2 Å². The summed E-state index contributed by atoms with van der Waals surface area (Å²) in [6, 6.07) is 13.1. The summed E-state index contributed by atoms with van der Waals surface area (Å²) in [5.41, 5.74) is 8.80. The molecule has 5 heteroatoms. The van der Waals surface area contributed by atoms with E-state index in [0.29, 0.717) is 11.3 Å². The predicted molar refractivity (Wildman–Crippen MR) is 86.7 cm³/mol. The summed E-state index contributed by atoms with van der Waals surface area (Å²) in [7, 11) is 1.60. The van der Waals surface area contributed by atoms with Crippen molar-refractivity contribution in [2.45, 2.75) is 0 Å². The van der Waals surface area contributed by atoms with Gasteiger partial charge in [-0.1, -0.05) is 12.1 Å². The van der Waals surface area contributed by atoms with Crippen LogP contribution in [0.15, 0.2) is 42.5 Å². The first-order valence-corrected chi connectivity index (χ1v) is 6.83. The highest BCUT2D eigenvalue weighted by Gasteiger charge is 2.08. The molecule has 0 radical (unpaired) electrons. The van der Waals surface area contributed by atoms with Crippen molar-refractivity contribution in [3.8, 4) is 0 Å². The lowest BCUT2D eigenvalue weighted by Crippen LogP contribution is -2.18. The van der Waals surface area contributed by atoms with Crippen molar-refractivity contribution >= 4 is 45.6 Å². The molecule has 0 spiro atoms. The molecular formula is C14H14IN3O. The third kappa shape index (κ3) is 3.17. The van der Waals surface area contributed by atoms with E-state index in [9.17, 15) is 4.79 Å². The Morgan fingerprint density at radius 3 is 2.58 bits per heavy atom. The minimum atomic E-state index is -0.134. The number of hydrogen-bond acceptors (Lipinski definition) is 3. The largest absolute Gasteiger partial charge is 0.397 e. The fourth-order valence-electron chi connectivity index (χ4n) is 1.66. The molecule has 0 aliphatic rings. The van der Waals surface area contributed by atoms with Crippen LogP contribution in [0.4, 0.5) is 17.1 Å². The van der Waals surface area contributed by atoms with Gasteiger partial charge < -0.3 is 16.4 Å². The Hall–Kier alpha value is -1.76. The quantitative estimate of drug-likeness (QED) is 0.577. The Labute approximate surface area is 125 Å². The fourth-order valence-corrected chi connectivity index (χ4v) is 2.18. The standard InChI is InChI=1S/C14H14IN3O/c1-17-14(19)9-6-7-11(16)13(8-9)18-12-5-3-2-4-10(12)15/h2-8,18H,16H2,1H3,(H,17,19). The predicted octanol–water partition coefficient (Wildman–Crippen LogP) is 2.98. The summed E-state index contributed by atoms with van der Waals surface area (Å²) in [4.78, 5) is 11.6. The molecule has 0 saturated carbocycles. The molecule has 2 rings (SSSR count). The minimum Gasteiger partial charge on any atom is -0.397 e. The lowest BCUT2D eigenvalue weighted by Gasteiger charge is -2.12. The third-order valence-electron chi connectivity index (χ3n) is 2.69. The molecule has 2 aromatic rings. The van der Waals surface area contributed by atoms with Gasteiger partial charge in [-0.15, -0.1) is 0 Å². The second-order valence-electron chi connectivity index (χ2n) is 3.99. The maximum atomic E-state index is 11.6. The number of carbonyl (C=O) groups is 1. The molecule has 0 saturated heterocycles. The zero-order valence-corrected chi connectivity index (χ0v) is 12.6. The minimum absolute atomic E-state index is 0.134. The molecular weight excluding hydrogens is 353 g/mol. The number of nitrogen functional groups attached to an aromatic ring is 1. The molecule has 0 aliphatic carbocycles. The molecule has 0 fully saturated rings. The summed E-state index contributed by atoms with van der Waals surface area (Å²) in [6.07, 6.45) is 0. The molecule has 0 atom stereocenters. The topological polar surface area (TPSA) is 67.2 Å². The van der Waals surface area contributed by atoms with Crippen molar-refractivity contribution in [1.29, 1.82) is 0 Å². The van der Waals surface area contributed by atoms with Gasteiger partial charge in [-0.3, -0.25) is 4.79 Å². The van der Waals surface area contributed by atoms with Crippen LogP contribution < -0.4 is 16.4 Å². The highest BCUT2D eigenvalue weighted by molar-refractivity contribution is 14.1. The van der Waals surface area contributed by atoms with Crippen molar-refractivity contribution in [3.63, 3.8) is 0 Å². The lowest BCUT2D eigenvalue weighted by molar-refractivity contribution is 0.0963. The van der Waals surface area contributed by atoms with Crippen LogP contribution in [0.1, 0.15) is 10.4 Å². The maximum Gasteiger partial charge on any atom is 0.251 e. The van der Waals surface area contributed by atoms with E-state index in [2.05, 4.69) is 33.2 Å². The van der Waals surface area contributed by atoms with Gasteiger partial charge in [0.05, 0.1) is 17.1 Å². The molecule has 19 heavy (non-hydrogen) atoms. The average Bonchev–Trinajstić information content (AvgIpc) is 2.42. The number of rotatable bonds is 3. The number of nitrogens with one attached hydrogen (secondary N) is 2. The summed E-state index contributed by atoms with van der Waals surface area (Å²) in [6.45, 7) is 0. The Morgan fingerprint density at radius 2 is 1.89 bits per heavy atom. The van der Waals surface area contributed by atoms with Crippen LogP contribution in [-0.2, 0) is 0 Å². The van der Waals surface area contributed by atoms with Gasteiger partial charge in [0.15, 0.2) is 0 Å². The molecule has 4 N–H and O–H groups in total. The van der Waals surface area contributed by atoms with Crippen LogP contribution in [0.3, 0.4) is 0 Å². The van der Waals surface area contributed by atoms with Crippen LogP contribution in [0.25, 0.3) is 0 Å². The van der Waals surface area contributed by atoms with E-state index in [1.165, 1.54) is 0 Å². The van der Waals surface area contributed by atoms with Crippen molar-refractivity contribution in [3.05, 3.63) is 51.6 Å². The molecule has 0 heterocycles. The first-order chi connectivity index (χ1) is 9.11. The molecule has 98 valence electrons. The van der Waals surface area contributed by atoms with Gasteiger partial charge in [0.2, 0.25) is 0 Å². The highest BCUT2D eigenvalue weighted by atomic mass is 127. The zero-order valence-electron chi connectivity index (χ0n) is 10.4. The lowest BCUT2D eigenvalue weighted by atomic mass is 10.1. The summed E-state index contributed by atoms with van der Waals surface area (Å²) in [5.74, 6) is -0.134. The Bertz CT molecular complexity index is 613. The number of hydrogen-bond donors (Lipinski definition) is 3. The fraction of sp³-hybridized carbons (Fsp3) is 0.0714. The van der Waals surface area contributed by atoms with Gasteiger partial charge in [-0.25, -0.2) is 0 Å². The molecule has 0 aliphatic heterocycles. The Balaban J connectivity index is 2.34. The van der Waals surface area contributed by atoms with Crippen LogP contribution in [-0.4, -0.2) is 13.0 Å². The van der Waals surface area contributed by atoms with E-state index >= 15 is 0 Å². The number of anilines is 3. The van der Waals surface area contributed by atoms with E-state index in [-0.39, 0.29) is 5.91 Å². The molecule has 0 unspecified atom stereocenters. The third-order valence-corrected chi connectivity index (χ3v) is 3.63. The molecule has 1 amide bonds. The molecule has 4 nitrogen and oxygen atoms in total. The number of benzene rings is 2. The highest BCUT2D eigenvalue weighted by Crippen LogP contribution is 2.27. The van der Waals surface area contributed by atoms with Gasteiger partial charge in [0.25, 0.3) is 5.91 Å². The summed E-state index contributed by atoms with van der Waals surface area (Å²) in [5, 5.41) is 5.84. The molecule has 0 aromatic heterocycles. The maximum absolute atomic E-state index is 11.6. The van der Waals surface area contributed by atoms with E-state index < -0.39 is 0 Å². The first-order valence-electron chi connectivity index (χ1n) is 5.75. The van der Waals surface area contributed by atoms with Gasteiger partial charge in [-0.05, 0) is 52.9 Å². The van der Waals surface area contributed by atoms with Crippen molar-refractivity contribution in [1.82, 2.24) is 5.32 Å². The summed E-state index contributed by atoms with van der Waals surface area (Å²) < 4.78 is 1.09. The Morgan fingerprint density at radius 1 is 1.16 bits per heavy atom. The number of halogens is 1. The van der Waals surface area contributed by atoms with E-state index in [1.54, 1.807) is 25.2 Å². The van der Waals surface area contributed by atoms with Gasteiger partial charge >= 0.3 is 0 Å². The van der Waals surface area contributed by atoms with Crippen LogP contribution in [0.5, 0.6) is 0 Å². The van der Waals surface area contributed by atoms with Crippen molar-refractivity contribution in [2.24, 2.45) is 0 Å². The smallest absolute Gasteiger partial charge is 0.251 e. The number of amides is 1. The van der Waals surface area contributed by atoms with E-state index in [4.69, 9.17) is 5.73 Å². The monoisotopic (exact) mass is 367 g/mol. The Kier molecular flexibility index (Phi) is 4.26. The summed E-state index contributed by atoms with van der Waals surface area (Å²) >= 11 is 2.25. The van der Waals surface area contributed by atoms with Crippen LogP contribution in [0, 0.1) is 3.57 Å². The van der Waals surface area contributed by atoms with Gasteiger partial charge in [-0.2, -0.15) is 0 Å². The molecule has 0 bridgehead atoms. The second-order valence-corrected chi connectivity index (χ2v) is 5.15.